The molecule has 0 saturated heterocycles. The van der Waals surface area contributed by atoms with E-state index in [1.807, 2.05) is 0 Å². The summed E-state index contributed by atoms with van der Waals surface area (Å²) >= 11 is 0. The van der Waals surface area contributed by atoms with Crippen molar-refractivity contribution in [2.24, 2.45) is 5.92 Å². The van der Waals surface area contributed by atoms with Gasteiger partial charge >= 0.3 is 0 Å². The highest BCUT2D eigenvalue weighted by Crippen LogP contribution is 2.32. The second-order valence-electron chi connectivity index (χ2n) is 4.73. The Morgan fingerprint density at radius 3 is 2.50 bits per heavy atom. The lowest BCUT2D eigenvalue weighted by Crippen LogP contribution is -2.51. The van der Waals surface area contributed by atoms with Crippen molar-refractivity contribution in [3.8, 4) is 0 Å². The molecule has 2 heteroatoms. The van der Waals surface area contributed by atoms with Gasteiger partial charge in [0.15, 0.2) is 0 Å². The smallest absolute Gasteiger partial charge is 0.0771 e. The predicted octanol–water partition coefficient (Wildman–Crippen LogP) is 1.29. The molecule has 0 aromatic carbocycles. The minimum atomic E-state index is -0.334. The van der Waals surface area contributed by atoms with Crippen LogP contribution in [0.1, 0.15) is 39.0 Å². The Morgan fingerprint density at radius 2 is 2.08 bits per heavy atom. The van der Waals surface area contributed by atoms with Crippen LogP contribution in [0.25, 0.3) is 0 Å². The van der Waals surface area contributed by atoms with Gasteiger partial charge in [-0.1, -0.05) is 6.92 Å². The molecule has 0 radical (unpaired) electrons. The Morgan fingerprint density at radius 1 is 1.42 bits per heavy atom. The molecule has 2 saturated carbocycles. The largest absolute Gasteiger partial charge is 0.389 e. The maximum atomic E-state index is 9.78. The molecular weight excluding hydrogens is 150 g/mol. The first-order valence-corrected chi connectivity index (χ1v) is 5.14. The summed E-state index contributed by atoms with van der Waals surface area (Å²) in [6.45, 7) is 3.11. The highest BCUT2D eigenvalue weighted by atomic mass is 16.3. The summed E-state index contributed by atoms with van der Waals surface area (Å²) in [7, 11) is 0. The van der Waals surface area contributed by atoms with Crippen LogP contribution in [0, 0.1) is 5.92 Å². The molecule has 0 spiro atoms. The number of nitrogens with one attached hydrogen (secondary N) is 1. The van der Waals surface area contributed by atoms with E-state index in [-0.39, 0.29) is 5.60 Å². The van der Waals surface area contributed by atoms with Gasteiger partial charge in [0, 0.05) is 12.6 Å². The van der Waals surface area contributed by atoms with Gasteiger partial charge in [0.05, 0.1) is 5.60 Å². The normalized spacial score (nSPS) is 38.5. The van der Waals surface area contributed by atoms with Gasteiger partial charge in [-0.05, 0) is 38.0 Å². The molecule has 2 nitrogen and oxygen atoms in total. The van der Waals surface area contributed by atoms with Crippen molar-refractivity contribution in [3.63, 3.8) is 0 Å². The number of aliphatic hydroxyl groups is 1. The Balaban J connectivity index is 1.62. The minimum Gasteiger partial charge on any atom is -0.389 e. The summed E-state index contributed by atoms with van der Waals surface area (Å²) < 4.78 is 0. The first-order chi connectivity index (χ1) is 5.68. The number of hydrogen-bond donors (Lipinski definition) is 2. The lowest BCUT2D eigenvalue weighted by Gasteiger charge is -2.41. The quantitative estimate of drug-likeness (QED) is 0.667. The van der Waals surface area contributed by atoms with Crippen LogP contribution < -0.4 is 5.32 Å². The van der Waals surface area contributed by atoms with Gasteiger partial charge in [0.1, 0.15) is 0 Å². The molecule has 0 aliphatic heterocycles. The Labute approximate surface area is 74.4 Å². The molecule has 12 heavy (non-hydrogen) atoms. The highest BCUT2D eigenvalue weighted by Gasteiger charge is 2.35. The molecule has 0 unspecified atom stereocenters. The first-order valence-electron chi connectivity index (χ1n) is 5.14. The van der Waals surface area contributed by atoms with E-state index in [0.717, 1.165) is 25.3 Å². The van der Waals surface area contributed by atoms with Crippen molar-refractivity contribution < 1.29 is 5.11 Å². The molecular formula is C10H19NO. The standard InChI is InChI=1S/C10H19NO/c1-8-5-9(6-8)11-7-10(12)3-2-4-10/h8-9,11-12H,2-7H2,1H3. The van der Waals surface area contributed by atoms with Crippen molar-refractivity contribution >= 4 is 0 Å². The average molecular weight is 169 g/mol. The summed E-state index contributed by atoms with van der Waals surface area (Å²) in [5, 5.41) is 13.2. The second kappa shape index (κ2) is 3.00. The van der Waals surface area contributed by atoms with Gasteiger partial charge in [-0.15, -0.1) is 0 Å². The molecule has 0 aromatic heterocycles. The van der Waals surface area contributed by atoms with E-state index in [9.17, 15) is 5.11 Å². The molecule has 0 bridgehead atoms. The average Bonchev–Trinajstić information content (AvgIpc) is 1.92. The van der Waals surface area contributed by atoms with E-state index in [0.29, 0.717) is 6.04 Å². The third-order valence-corrected chi connectivity index (χ3v) is 3.38. The van der Waals surface area contributed by atoms with E-state index in [2.05, 4.69) is 12.2 Å². The van der Waals surface area contributed by atoms with E-state index < -0.39 is 0 Å². The Bertz CT molecular complexity index is 159. The van der Waals surface area contributed by atoms with Gasteiger partial charge in [-0.25, -0.2) is 0 Å². The molecule has 70 valence electrons. The zero-order valence-corrected chi connectivity index (χ0v) is 7.84. The van der Waals surface area contributed by atoms with Crippen LogP contribution in [0.4, 0.5) is 0 Å². The minimum absolute atomic E-state index is 0.334. The first kappa shape index (κ1) is 8.52. The lowest BCUT2D eigenvalue weighted by molar-refractivity contribution is -0.0362. The van der Waals surface area contributed by atoms with Crippen molar-refractivity contribution in [1.29, 1.82) is 0 Å². The SMILES string of the molecule is CC1CC(NCC2(O)CCC2)C1. The van der Waals surface area contributed by atoms with E-state index >= 15 is 0 Å². The van der Waals surface area contributed by atoms with Crippen LogP contribution >= 0.6 is 0 Å². The molecule has 0 atom stereocenters. The lowest BCUT2D eigenvalue weighted by atomic mass is 9.78. The molecule has 0 aromatic rings. The van der Waals surface area contributed by atoms with Gasteiger partial charge in [0.2, 0.25) is 0 Å². The van der Waals surface area contributed by atoms with Crippen LogP contribution in [0.3, 0.4) is 0 Å². The molecule has 2 aliphatic rings. The highest BCUT2D eigenvalue weighted by molar-refractivity contribution is 4.92. The zero-order valence-electron chi connectivity index (χ0n) is 7.84. The van der Waals surface area contributed by atoms with E-state index in [4.69, 9.17) is 0 Å². The van der Waals surface area contributed by atoms with Crippen molar-refractivity contribution in [2.45, 2.75) is 50.7 Å². The third-order valence-electron chi connectivity index (χ3n) is 3.38. The summed E-state index contributed by atoms with van der Waals surface area (Å²) in [4.78, 5) is 0. The van der Waals surface area contributed by atoms with Crippen molar-refractivity contribution in [2.75, 3.05) is 6.54 Å². The van der Waals surface area contributed by atoms with Gasteiger partial charge < -0.3 is 10.4 Å². The van der Waals surface area contributed by atoms with E-state index in [1.54, 1.807) is 0 Å². The Kier molecular flexibility index (Phi) is 2.13. The fraction of sp³-hybridized carbons (Fsp3) is 1.00. The summed E-state index contributed by atoms with van der Waals surface area (Å²) in [6.07, 6.45) is 5.82. The fourth-order valence-corrected chi connectivity index (χ4v) is 2.17. The van der Waals surface area contributed by atoms with Gasteiger partial charge in [-0.2, -0.15) is 0 Å². The molecule has 0 amide bonds. The summed E-state index contributed by atoms with van der Waals surface area (Å²) in [6, 6.07) is 0.699. The fourth-order valence-electron chi connectivity index (χ4n) is 2.17. The van der Waals surface area contributed by atoms with Crippen molar-refractivity contribution in [1.82, 2.24) is 5.32 Å². The predicted molar refractivity (Wildman–Crippen MR) is 49.0 cm³/mol. The van der Waals surface area contributed by atoms with Gasteiger partial charge in [-0.3, -0.25) is 0 Å². The monoisotopic (exact) mass is 169 g/mol. The molecule has 2 aliphatic carbocycles. The van der Waals surface area contributed by atoms with Crippen LogP contribution in [0.15, 0.2) is 0 Å². The molecule has 2 fully saturated rings. The zero-order chi connectivity index (χ0) is 8.60. The van der Waals surface area contributed by atoms with Crippen LogP contribution in [0.5, 0.6) is 0 Å². The topological polar surface area (TPSA) is 32.3 Å². The maximum Gasteiger partial charge on any atom is 0.0771 e. The Hall–Kier alpha value is -0.0800. The summed E-state index contributed by atoms with van der Waals surface area (Å²) in [5.41, 5.74) is -0.334. The van der Waals surface area contributed by atoms with Crippen LogP contribution in [-0.2, 0) is 0 Å². The summed E-state index contributed by atoms with van der Waals surface area (Å²) in [5.74, 6) is 0.901. The number of rotatable bonds is 3. The molecule has 0 heterocycles. The van der Waals surface area contributed by atoms with Crippen LogP contribution in [-0.4, -0.2) is 23.3 Å². The second-order valence-corrected chi connectivity index (χ2v) is 4.73. The van der Waals surface area contributed by atoms with Gasteiger partial charge in [0.25, 0.3) is 0 Å². The van der Waals surface area contributed by atoms with E-state index in [1.165, 1.54) is 19.3 Å². The van der Waals surface area contributed by atoms with Crippen LogP contribution in [0.2, 0.25) is 0 Å². The van der Waals surface area contributed by atoms with Crippen molar-refractivity contribution in [3.05, 3.63) is 0 Å². The third kappa shape index (κ3) is 1.64. The maximum absolute atomic E-state index is 9.78. The molecule has 2 rings (SSSR count). The number of hydrogen-bond acceptors (Lipinski definition) is 2. The molecule has 2 N–H and O–H groups in total.